The Bertz CT molecular complexity index is 538. The first-order valence-corrected chi connectivity index (χ1v) is 5.90. The Morgan fingerprint density at radius 3 is 3.00 bits per heavy atom. The molecule has 0 aliphatic carbocycles. The van der Waals surface area contributed by atoms with E-state index in [0.717, 1.165) is 18.7 Å². The lowest BCUT2D eigenvalue weighted by Gasteiger charge is -2.12. The van der Waals surface area contributed by atoms with Crippen molar-refractivity contribution in [1.82, 2.24) is 14.8 Å². The Morgan fingerprint density at radius 2 is 2.19 bits per heavy atom. The van der Waals surface area contributed by atoms with Crippen LogP contribution in [-0.2, 0) is 6.42 Å². The first-order valence-electron chi connectivity index (χ1n) is 5.11. The van der Waals surface area contributed by atoms with E-state index in [0.29, 0.717) is 10.3 Å². The van der Waals surface area contributed by atoms with Crippen molar-refractivity contribution in [3.8, 4) is 0 Å². The Hall–Kier alpha value is -1.23. The maximum absolute atomic E-state index is 13.7. The van der Waals surface area contributed by atoms with Crippen molar-refractivity contribution in [2.45, 2.75) is 18.9 Å². The Labute approximate surface area is 100 Å². The van der Waals surface area contributed by atoms with E-state index in [-0.39, 0.29) is 11.9 Å². The Kier molecular flexibility index (Phi) is 2.28. The minimum absolute atomic E-state index is 0.0185. The minimum Gasteiger partial charge on any atom is -0.241 e. The number of hydrogen-bond donors (Lipinski definition) is 0. The van der Waals surface area contributed by atoms with Crippen LogP contribution in [-0.4, -0.2) is 14.8 Å². The monoisotopic (exact) mass is 281 g/mol. The predicted molar refractivity (Wildman–Crippen MR) is 60.6 cm³/mol. The number of halogens is 2. The highest BCUT2D eigenvalue weighted by molar-refractivity contribution is 9.10. The third-order valence-electron chi connectivity index (χ3n) is 2.88. The van der Waals surface area contributed by atoms with Gasteiger partial charge in [0.2, 0.25) is 4.73 Å². The SMILES string of the molecule is Fc1ccccc1[C@@H]1CCc2nc(Br)nn21. The van der Waals surface area contributed by atoms with Crippen LogP contribution < -0.4 is 0 Å². The van der Waals surface area contributed by atoms with Gasteiger partial charge in [0, 0.05) is 12.0 Å². The number of fused-ring (bicyclic) bond motifs is 1. The second-order valence-electron chi connectivity index (χ2n) is 3.82. The van der Waals surface area contributed by atoms with Gasteiger partial charge in [-0.2, -0.15) is 0 Å². The molecule has 1 aromatic heterocycles. The van der Waals surface area contributed by atoms with Gasteiger partial charge in [0.25, 0.3) is 0 Å². The van der Waals surface area contributed by atoms with E-state index in [4.69, 9.17) is 0 Å². The maximum atomic E-state index is 13.7. The van der Waals surface area contributed by atoms with Gasteiger partial charge in [0.1, 0.15) is 11.6 Å². The van der Waals surface area contributed by atoms with Gasteiger partial charge in [0.15, 0.2) is 0 Å². The Balaban J connectivity index is 2.07. The topological polar surface area (TPSA) is 30.7 Å². The summed E-state index contributed by atoms with van der Waals surface area (Å²) in [7, 11) is 0. The molecule has 0 amide bonds. The molecule has 0 radical (unpaired) electrons. The zero-order valence-electron chi connectivity index (χ0n) is 8.40. The summed E-state index contributed by atoms with van der Waals surface area (Å²) in [5, 5.41) is 4.25. The van der Waals surface area contributed by atoms with Crippen LogP contribution in [0.5, 0.6) is 0 Å². The van der Waals surface area contributed by atoms with E-state index in [9.17, 15) is 4.39 Å². The first-order chi connectivity index (χ1) is 7.75. The van der Waals surface area contributed by atoms with E-state index < -0.39 is 0 Å². The molecule has 2 heterocycles. The highest BCUT2D eigenvalue weighted by Crippen LogP contribution is 2.32. The number of aryl methyl sites for hydroxylation is 1. The van der Waals surface area contributed by atoms with Crippen LogP contribution in [0.4, 0.5) is 4.39 Å². The van der Waals surface area contributed by atoms with E-state index >= 15 is 0 Å². The van der Waals surface area contributed by atoms with Crippen LogP contribution in [0.2, 0.25) is 0 Å². The zero-order valence-corrected chi connectivity index (χ0v) is 9.98. The zero-order chi connectivity index (χ0) is 11.1. The van der Waals surface area contributed by atoms with E-state index in [1.165, 1.54) is 6.07 Å². The van der Waals surface area contributed by atoms with Crippen molar-refractivity contribution in [3.05, 3.63) is 46.2 Å². The molecule has 3 rings (SSSR count). The molecule has 5 heteroatoms. The Morgan fingerprint density at radius 1 is 1.38 bits per heavy atom. The van der Waals surface area contributed by atoms with Crippen molar-refractivity contribution < 1.29 is 4.39 Å². The maximum Gasteiger partial charge on any atom is 0.217 e. The van der Waals surface area contributed by atoms with Crippen LogP contribution in [0.3, 0.4) is 0 Å². The van der Waals surface area contributed by atoms with E-state index in [1.807, 2.05) is 16.8 Å². The summed E-state index contributed by atoms with van der Waals surface area (Å²) >= 11 is 3.24. The molecule has 0 N–H and O–H groups in total. The fraction of sp³-hybridized carbons (Fsp3) is 0.273. The van der Waals surface area contributed by atoms with E-state index in [2.05, 4.69) is 26.0 Å². The van der Waals surface area contributed by atoms with Gasteiger partial charge in [0.05, 0.1) is 6.04 Å². The molecule has 0 fully saturated rings. The lowest BCUT2D eigenvalue weighted by atomic mass is 10.0. The third-order valence-corrected chi connectivity index (χ3v) is 3.21. The van der Waals surface area contributed by atoms with Crippen molar-refractivity contribution in [2.75, 3.05) is 0 Å². The van der Waals surface area contributed by atoms with Crippen LogP contribution in [0.1, 0.15) is 23.9 Å². The number of benzene rings is 1. The van der Waals surface area contributed by atoms with Gasteiger partial charge >= 0.3 is 0 Å². The molecular formula is C11H9BrFN3. The van der Waals surface area contributed by atoms with Gasteiger partial charge in [-0.3, -0.25) is 0 Å². The summed E-state index contributed by atoms with van der Waals surface area (Å²) in [6.07, 6.45) is 1.71. The summed E-state index contributed by atoms with van der Waals surface area (Å²) in [5.74, 6) is 0.743. The average Bonchev–Trinajstić information content (AvgIpc) is 2.78. The molecule has 1 atom stereocenters. The summed E-state index contributed by atoms with van der Waals surface area (Å²) in [5.41, 5.74) is 0.693. The van der Waals surface area contributed by atoms with Gasteiger partial charge in [-0.15, -0.1) is 5.10 Å². The molecule has 3 nitrogen and oxygen atoms in total. The molecule has 0 saturated carbocycles. The molecule has 82 valence electrons. The molecule has 1 aliphatic heterocycles. The number of rotatable bonds is 1. The highest BCUT2D eigenvalue weighted by Gasteiger charge is 2.28. The number of nitrogens with zero attached hydrogens (tertiary/aromatic N) is 3. The van der Waals surface area contributed by atoms with Gasteiger partial charge < -0.3 is 0 Å². The van der Waals surface area contributed by atoms with Crippen molar-refractivity contribution in [3.63, 3.8) is 0 Å². The predicted octanol–water partition coefficient (Wildman–Crippen LogP) is 2.72. The summed E-state index contributed by atoms with van der Waals surface area (Å²) < 4.78 is 16.0. The second kappa shape index (κ2) is 3.66. The van der Waals surface area contributed by atoms with Gasteiger partial charge in [-0.05, 0) is 28.4 Å². The lowest BCUT2D eigenvalue weighted by Crippen LogP contribution is -2.09. The third kappa shape index (κ3) is 1.46. The average molecular weight is 282 g/mol. The van der Waals surface area contributed by atoms with Crippen molar-refractivity contribution >= 4 is 15.9 Å². The largest absolute Gasteiger partial charge is 0.241 e. The number of hydrogen-bond acceptors (Lipinski definition) is 2. The molecule has 0 bridgehead atoms. The summed E-state index contributed by atoms with van der Waals surface area (Å²) in [6.45, 7) is 0. The van der Waals surface area contributed by atoms with E-state index in [1.54, 1.807) is 6.07 Å². The molecule has 0 spiro atoms. The smallest absolute Gasteiger partial charge is 0.217 e. The minimum atomic E-state index is -0.174. The summed E-state index contributed by atoms with van der Waals surface area (Å²) in [6, 6.07) is 6.83. The fourth-order valence-electron chi connectivity index (χ4n) is 2.17. The molecule has 1 aliphatic rings. The highest BCUT2D eigenvalue weighted by atomic mass is 79.9. The van der Waals surface area contributed by atoms with Crippen LogP contribution in [0.25, 0.3) is 0 Å². The second-order valence-corrected chi connectivity index (χ2v) is 4.53. The standard InChI is InChI=1S/C11H9BrFN3/c12-11-14-10-6-5-9(16(10)15-11)7-3-1-2-4-8(7)13/h1-4,9H,5-6H2/t9-/m0/s1. The van der Waals surface area contributed by atoms with Crippen LogP contribution in [0.15, 0.2) is 29.0 Å². The molecule has 0 unspecified atom stereocenters. The van der Waals surface area contributed by atoms with Crippen LogP contribution >= 0.6 is 15.9 Å². The lowest BCUT2D eigenvalue weighted by molar-refractivity contribution is 0.511. The quantitative estimate of drug-likeness (QED) is 0.805. The van der Waals surface area contributed by atoms with Gasteiger partial charge in [-0.25, -0.2) is 14.1 Å². The fourth-order valence-corrected chi connectivity index (χ4v) is 2.54. The summed E-state index contributed by atoms with van der Waals surface area (Å²) in [4.78, 5) is 4.24. The first kappa shape index (κ1) is 9.96. The molecular weight excluding hydrogens is 273 g/mol. The molecule has 2 aromatic rings. The molecule has 16 heavy (non-hydrogen) atoms. The molecule has 0 saturated heterocycles. The van der Waals surface area contributed by atoms with Gasteiger partial charge in [-0.1, -0.05) is 18.2 Å². The normalized spacial score (nSPS) is 18.8. The number of aromatic nitrogens is 3. The van der Waals surface area contributed by atoms with Crippen molar-refractivity contribution in [2.24, 2.45) is 0 Å². The van der Waals surface area contributed by atoms with Crippen LogP contribution in [0, 0.1) is 5.82 Å². The molecule has 1 aromatic carbocycles. The van der Waals surface area contributed by atoms with Crippen molar-refractivity contribution in [1.29, 1.82) is 0 Å².